The number of aromatic nitrogens is 1. The minimum absolute atomic E-state index is 0.000684. The molecule has 1 amide bonds. The summed E-state index contributed by atoms with van der Waals surface area (Å²) in [6, 6.07) is 10.5. The molecule has 1 heterocycles. The Morgan fingerprint density at radius 3 is 3.00 bits per heavy atom. The van der Waals surface area contributed by atoms with E-state index in [1.54, 1.807) is 7.11 Å². The third-order valence-electron chi connectivity index (χ3n) is 5.07. The Labute approximate surface area is 143 Å². The highest BCUT2D eigenvalue weighted by Crippen LogP contribution is 2.25. The number of methoxy groups -OCH3 is 1. The molecule has 5 heteroatoms. The molecule has 0 unspecified atom stereocenters. The molecule has 1 aliphatic rings. The van der Waals surface area contributed by atoms with Crippen molar-refractivity contribution < 1.29 is 9.53 Å². The van der Waals surface area contributed by atoms with Crippen LogP contribution in [0.1, 0.15) is 25.7 Å². The van der Waals surface area contributed by atoms with E-state index in [0.717, 1.165) is 32.2 Å². The molecule has 3 atom stereocenters. The molecule has 0 spiro atoms. The van der Waals surface area contributed by atoms with Crippen LogP contribution in [0.15, 0.2) is 36.5 Å². The maximum atomic E-state index is 12.3. The second-order valence-corrected chi connectivity index (χ2v) is 6.66. The second kappa shape index (κ2) is 7.81. The van der Waals surface area contributed by atoms with Crippen LogP contribution in [-0.2, 0) is 16.1 Å². The van der Waals surface area contributed by atoms with Gasteiger partial charge in [0.1, 0.15) is 0 Å². The molecular weight excluding hydrogens is 302 g/mol. The zero-order valence-corrected chi connectivity index (χ0v) is 14.3. The van der Waals surface area contributed by atoms with Crippen LogP contribution >= 0.6 is 0 Å². The summed E-state index contributed by atoms with van der Waals surface area (Å²) < 4.78 is 7.63. The molecule has 0 saturated heterocycles. The first kappa shape index (κ1) is 17.0. The average Bonchev–Trinajstić information content (AvgIpc) is 3.02. The summed E-state index contributed by atoms with van der Waals surface area (Å²) in [5.41, 5.74) is 7.26. The van der Waals surface area contributed by atoms with E-state index in [-0.39, 0.29) is 24.0 Å². The number of nitrogens with zero attached hydrogens (tertiary/aromatic N) is 1. The van der Waals surface area contributed by atoms with E-state index in [4.69, 9.17) is 10.5 Å². The van der Waals surface area contributed by atoms with Crippen LogP contribution in [0.25, 0.3) is 10.9 Å². The van der Waals surface area contributed by atoms with Gasteiger partial charge in [-0.2, -0.15) is 0 Å². The summed E-state index contributed by atoms with van der Waals surface area (Å²) in [7, 11) is 1.67. The average molecular weight is 329 g/mol. The van der Waals surface area contributed by atoms with Crippen molar-refractivity contribution in [2.75, 3.05) is 13.7 Å². The summed E-state index contributed by atoms with van der Waals surface area (Å²) in [5.74, 6) is 0.170. The molecule has 5 nitrogen and oxygen atoms in total. The van der Waals surface area contributed by atoms with Crippen molar-refractivity contribution in [1.82, 2.24) is 9.88 Å². The van der Waals surface area contributed by atoms with Gasteiger partial charge in [-0.3, -0.25) is 4.79 Å². The van der Waals surface area contributed by atoms with Gasteiger partial charge in [0.25, 0.3) is 0 Å². The molecule has 24 heavy (non-hydrogen) atoms. The number of nitrogens with one attached hydrogen (secondary N) is 1. The first-order valence-corrected chi connectivity index (χ1v) is 8.79. The number of aryl methyl sites for hydroxylation is 1. The number of carbonyl (C=O) groups is 1. The maximum Gasteiger partial charge on any atom is 0.223 e. The molecule has 1 aliphatic carbocycles. The second-order valence-electron chi connectivity index (χ2n) is 6.66. The number of nitrogens with two attached hydrogens (primary N) is 1. The molecule has 1 aromatic heterocycles. The first-order valence-electron chi connectivity index (χ1n) is 8.79. The van der Waals surface area contributed by atoms with Gasteiger partial charge >= 0.3 is 0 Å². The lowest BCUT2D eigenvalue weighted by Crippen LogP contribution is -2.45. The fourth-order valence-electron chi connectivity index (χ4n) is 3.60. The topological polar surface area (TPSA) is 69.3 Å². The van der Waals surface area contributed by atoms with Gasteiger partial charge in [0.15, 0.2) is 0 Å². The molecule has 1 fully saturated rings. The summed E-state index contributed by atoms with van der Waals surface area (Å²) in [6.07, 6.45) is 5.47. The lowest BCUT2D eigenvalue weighted by Gasteiger charge is -2.32. The van der Waals surface area contributed by atoms with Crippen molar-refractivity contribution >= 4 is 16.8 Å². The number of amides is 1. The molecule has 0 radical (unpaired) electrons. The van der Waals surface area contributed by atoms with Crippen molar-refractivity contribution in [3.63, 3.8) is 0 Å². The summed E-state index contributed by atoms with van der Waals surface area (Å²) >= 11 is 0. The number of rotatable bonds is 6. The van der Waals surface area contributed by atoms with Crippen LogP contribution in [-0.4, -0.2) is 36.3 Å². The molecule has 0 aliphatic heterocycles. The van der Waals surface area contributed by atoms with E-state index in [2.05, 4.69) is 46.4 Å². The number of ether oxygens (including phenoxy) is 1. The Hall–Kier alpha value is -1.85. The first-order chi connectivity index (χ1) is 11.7. The summed E-state index contributed by atoms with van der Waals surface area (Å²) in [4.78, 5) is 12.3. The Kier molecular flexibility index (Phi) is 5.53. The van der Waals surface area contributed by atoms with Crippen LogP contribution in [0.5, 0.6) is 0 Å². The Bertz CT molecular complexity index is 682. The van der Waals surface area contributed by atoms with Gasteiger partial charge in [-0.25, -0.2) is 0 Å². The van der Waals surface area contributed by atoms with Crippen molar-refractivity contribution in [1.29, 1.82) is 0 Å². The Morgan fingerprint density at radius 2 is 2.17 bits per heavy atom. The quantitative estimate of drug-likeness (QED) is 0.799. The van der Waals surface area contributed by atoms with Crippen molar-refractivity contribution in [2.45, 2.75) is 44.4 Å². The van der Waals surface area contributed by atoms with E-state index in [9.17, 15) is 4.79 Å². The molecule has 0 bridgehead atoms. The predicted octanol–water partition coefficient (Wildman–Crippen LogP) is 2.29. The van der Waals surface area contributed by atoms with Crippen LogP contribution < -0.4 is 11.1 Å². The SMILES string of the molecule is CO[C@@H]1C[C@@H](C(=O)NCCCn2ccc3ccccc32)CC[C@H]1N. The van der Waals surface area contributed by atoms with Crippen LogP contribution in [0.2, 0.25) is 0 Å². The van der Waals surface area contributed by atoms with Gasteiger partial charge in [-0.05, 0) is 43.2 Å². The molecule has 1 aromatic carbocycles. The number of hydrogen-bond donors (Lipinski definition) is 2. The lowest BCUT2D eigenvalue weighted by atomic mass is 9.83. The Morgan fingerprint density at radius 1 is 1.33 bits per heavy atom. The molecular formula is C19H27N3O2. The van der Waals surface area contributed by atoms with Crippen LogP contribution in [0, 0.1) is 5.92 Å². The number of para-hydroxylation sites is 1. The van der Waals surface area contributed by atoms with E-state index in [1.807, 2.05) is 0 Å². The van der Waals surface area contributed by atoms with Gasteiger partial charge in [-0.1, -0.05) is 18.2 Å². The standard InChI is InChI=1S/C19H27N3O2/c1-24-18-13-15(7-8-16(18)20)19(23)21-10-4-11-22-12-9-14-5-2-3-6-17(14)22/h2-3,5-6,9,12,15-16,18H,4,7-8,10-11,13,20H2,1H3,(H,21,23)/t15-,16+,18+/m0/s1. The normalized spacial score (nSPS) is 24.2. The zero-order valence-electron chi connectivity index (χ0n) is 14.3. The lowest BCUT2D eigenvalue weighted by molar-refractivity contribution is -0.127. The third kappa shape index (κ3) is 3.79. The number of fused-ring (bicyclic) bond motifs is 1. The smallest absolute Gasteiger partial charge is 0.223 e. The molecule has 2 aromatic rings. The molecule has 3 rings (SSSR count). The van der Waals surface area contributed by atoms with Crippen LogP contribution in [0.3, 0.4) is 0 Å². The monoisotopic (exact) mass is 329 g/mol. The fraction of sp³-hybridized carbons (Fsp3) is 0.526. The van der Waals surface area contributed by atoms with Gasteiger partial charge in [0.2, 0.25) is 5.91 Å². The van der Waals surface area contributed by atoms with Gasteiger partial charge in [-0.15, -0.1) is 0 Å². The van der Waals surface area contributed by atoms with Crippen molar-refractivity contribution in [3.8, 4) is 0 Å². The number of hydrogen-bond acceptors (Lipinski definition) is 3. The molecule has 130 valence electrons. The van der Waals surface area contributed by atoms with Crippen molar-refractivity contribution in [3.05, 3.63) is 36.5 Å². The van der Waals surface area contributed by atoms with Crippen molar-refractivity contribution in [2.24, 2.45) is 11.7 Å². The zero-order chi connectivity index (χ0) is 16.9. The summed E-state index contributed by atoms with van der Waals surface area (Å²) in [6.45, 7) is 1.61. The highest BCUT2D eigenvalue weighted by atomic mass is 16.5. The number of carbonyl (C=O) groups excluding carboxylic acids is 1. The Balaban J connectivity index is 1.44. The fourth-order valence-corrected chi connectivity index (χ4v) is 3.60. The van der Waals surface area contributed by atoms with E-state index in [1.165, 1.54) is 10.9 Å². The third-order valence-corrected chi connectivity index (χ3v) is 5.07. The number of benzene rings is 1. The highest BCUT2D eigenvalue weighted by molar-refractivity contribution is 5.80. The van der Waals surface area contributed by atoms with Gasteiger partial charge in [0, 0.05) is 43.9 Å². The largest absolute Gasteiger partial charge is 0.380 e. The van der Waals surface area contributed by atoms with Gasteiger partial charge in [0.05, 0.1) is 6.10 Å². The van der Waals surface area contributed by atoms with E-state index < -0.39 is 0 Å². The van der Waals surface area contributed by atoms with Crippen LogP contribution in [0.4, 0.5) is 0 Å². The maximum absolute atomic E-state index is 12.3. The minimum atomic E-state index is 0.000684. The van der Waals surface area contributed by atoms with Gasteiger partial charge < -0.3 is 20.4 Å². The molecule has 1 saturated carbocycles. The molecule has 3 N–H and O–H groups in total. The highest BCUT2D eigenvalue weighted by Gasteiger charge is 2.31. The van der Waals surface area contributed by atoms with E-state index in [0.29, 0.717) is 6.54 Å². The minimum Gasteiger partial charge on any atom is -0.380 e. The van der Waals surface area contributed by atoms with E-state index >= 15 is 0 Å². The predicted molar refractivity (Wildman–Crippen MR) is 95.7 cm³/mol. The summed E-state index contributed by atoms with van der Waals surface area (Å²) in [5, 5.41) is 4.33.